The number of carbonyl (C=O) groups is 1. The molecule has 0 bridgehead atoms. The summed E-state index contributed by atoms with van der Waals surface area (Å²) >= 11 is 19.6. The molecule has 0 aliphatic rings. The zero-order valence-corrected chi connectivity index (χ0v) is 28.9. The molecule has 0 amide bonds. The summed E-state index contributed by atoms with van der Waals surface area (Å²) in [5, 5.41) is 21.0. The van der Waals surface area contributed by atoms with Gasteiger partial charge in [0, 0.05) is 12.4 Å². The van der Waals surface area contributed by atoms with E-state index in [1.165, 1.54) is 57.6 Å². The molecular formula is C33H24Br2Cl2F2N4O3. The molecule has 0 aliphatic heterocycles. The average Bonchev–Trinajstić information content (AvgIpc) is 3.56. The summed E-state index contributed by atoms with van der Waals surface area (Å²) in [6.07, 6.45) is 3.33. The minimum Gasteiger partial charge on any atom is -0.505 e. The number of nitrogens with zero attached hydrogens (tertiary/aromatic N) is 4. The standard InChI is InChI=1S/C33H24Br2Cl2F2N4O3/c1-3-23-29(42-13-17(38)5-7-25(42)40-23)27(15-9-19(34)31(44)21(36)11-15)33(46)28(16-10-20(35)32(45)22(37)12-16)30-24(4-2)41-26-8-6-18(39)14-43(26)30/h5-14,27-28,44-45H,3-4H2,1-2H3. The highest BCUT2D eigenvalue weighted by Gasteiger charge is 2.39. The Bertz CT molecular complexity index is 1990. The SMILES string of the molecule is CCc1nc2ccc(F)cn2c1C(C(=O)C(c1cc(Cl)c(O)c(Br)c1)c1c(CC)nc2ccc(F)cn12)c1cc(Cl)c(O)c(Br)c1. The van der Waals surface area contributed by atoms with Gasteiger partial charge in [-0.25, -0.2) is 18.7 Å². The van der Waals surface area contributed by atoms with Crippen LogP contribution in [0.15, 0.2) is 69.9 Å². The Kier molecular flexibility index (Phi) is 8.88. The fraction of sp³-hybridized carbons (Fsp3) is 0.182. The smallest absolute Gasteiger partial charge is 0.159 e. The van der Waals surface area contributed by atoms with Crippen LogP contribution in [0.25, 0.3) is 11.3 Å². The summed E-state index contributed by atoms with van der Waals surface area (Å²) in [5.41, 5.74) is 3.46. The summed E-state index contributed by atoms with van der Waals surface area (Å²) in [4.78, 5) is 25.0. The highest BCUT2D eigenvalue weighted by Crippen LogP contribution is 2.45. The van der Waals surface area contributed by atoms with Crippen molar-refractivity contribution in [3.8, 4) is 11.5 Å². The van der Waals surface area contributed by atoms with Crippen molar-refractivity contribution < 1.29 is 23.8 Å². The topological polar surface area (TPSA) is 92.1 Å². The van der Waals surface area contributed by atoms with E-state index in [1.54, 1.807) is 12.1 Å². The number of phenolic OH excluding ortho intramolecular Hbond substituents is 2. The van der Waals surface area contributed by atoms with Gasteiger partial charge in [0.1, 0.15) is 34.4 Å². The number of hydrogen-bond acceptors (Lipinski definition) is 5. The molecule has 0 spiro atoms. The van der Waals surface area contributed by atoms with Gasteiger partial charge in [0.2, 0.25) is 0 Å². The van der Waals surface area contributed by atoms with E-state index in [2.05, 4.69) is 31.9 Å². The van der Waals surface area contributed by atoms with Gasteiger partial charge >= 0.3 is 0 Å². The van der Waals surface area contributed by atoms with Crippen LogP contribution in [-0.2, 0) is 17.6 Å². The number of imidazole rings is 2. The molecule has 2 atom stereocenters. The molecule has 6 aromatic rings. The maximum atomic E-state index is 15.5. The zero-order valence-electron chi connectivity index (χ0n) is 24.2. The van der Waals surface area contributed by atoms with Gasteiger partial charge < -0.3 is 10.2 Å². The van der Waals surface area contributed by atoms with Gasteiger partial charge in [0.25, 0.3) is 0 Å². The number of phenols is 2. The maximum absolute atomic E-state index is 15.5. The Morgan fingerprint density at radius 3 is 1.50 bits per heavy atom. The van der Waals surface area contributed by atoms with Crippen LogP contribution < -0.4 is 0 Å². The Hall–Kier alpha value is -3.51. The van der Waals surface area contributed by atoms with E-state index in [9.17, 15) is 19.0 Å². The first kappa shape index (κ1) is 32.4. The van der Waals surface area contributed by atoms with Crippen molar-refractivity contribution in [2.75, 3.05) is 0 Å². The number of carbonyl (C=O) groups excluding carboxylic acids is 1. The monoisotopic (exact) mass is 790 g/mol. The highest BCUT2D eigenvalue weighted by molar-refractivity contribution is 9.11. The van der Waals surface area contributed by atoms with E-state index in [-0.39, 0.29) is 30.5 Å². The van der Waals surface area contributed by atoms with Crippen LogP contribution in [0, 0.1) is 11.6 Å². The second kappa shape index (κ2) is 12.6. The van der Waals surface area contributed by atoms with Crippen LogP contribution >= 0.6 is 55.1 Å². The molecule has 0 radical (unpaired) electrons. The van der Waals surface area contributed by atoms with E-state index in [4.69, 9.17) is 33.2 Å². The predicted octanol–water partition coefficient (Wildman–Crippen LogP) is 9.16. The second-order valence-corrected chi connectivity index (χ2v) is 13.2. The number of aromatic hydroxyl groups is 2. The summed E-state index contributed by atoms with van der Waals surface area (Å²) in [7, 11) is 0. The molecule has 0 fully saturated rings. The first-order chi connectivity index (χ1) is 21.9. The lowest BCUT2D eigenvalue weighted by Crippen LogP contribution is -2.26. The van der Waals surface area contributed by atoms with Gasteiger partial charge in [-0.05, 0) is 104 Å². The molecule has 2 aromatic carbocycles. The lowest BCUT2D eigenvalue weighted by atomic mass is 9.79. The summed E-state index contributed by atoms with van der Waals surface area (Å²) in [6.45, 7) is 3.75. The number of aryl methyl sites for hydroxylation is 2. The van der Waals surface area contributed by atoms with Crippen molar-refractivity contribution >= 4 is 72.1 Å². The molecule has 2 unspecified atom stereocenters. The number of ketones is 1. The highest BCUT2D eigenvalue weighted by atomic mass is 79.9. The lowest BCUT2D eigenvalue weighted by molar-refractivity contribution is -0.120. The van der Waals surface area contributed by atoms with Crippen LogP contribution in [0.5, 0.6) is 11.5 Å². The van der Waals surface area contributed by atoms with E-state index < -0.39 is 29.3 Å². The number of halogens is 6. The van der Waals surface area contributed by atoms with E-state index in [1.807, 2.05) is 13.8 Å². The van der Waals surface area contributed by atoms with E-state index in [0.717, 1.165) is 0 Å². The van der Waals surface area contributed by atoms with Gasteiger partial charge in [-0.2, -0.15) is 0 Å². The molecular weight excluding hydrogens is 769 g/mol. The lowest BCUT2D eigenvalue weighted by Gasteiger charge is -2.26. The molecule has 13 heteroatoms. The number of hydrogen-bond donors (Lipinski definition) is 2. The van der Waals surface area contributed by atoms with Crippen molar-refractivity contribution in [2.45, 2.75) is 38.5 Å². The quantitative estimate of drug-likeness (QED) is 0.161. The number of Topliss-reactive ketones (excluding diaryl/α,β-unsaturated/α-hetero) is 1. The fourth-order valence-electron chi connectivity index (χ4n) is 5.89. The van der Waals surface area contributed by atoms with Crippen LogP contribution in [-0.4, -0.2) is 34.8 Å². The first-order valence-corrected chi connectivity index (χ1v) is 16.5. The second-order valence-electron chi connectivity index (χ2n) is 10.7. The molecule has 6 rings (SSSR count). The molecule has 0 saturated carbocycles. The number of pyridine rings is 2. The normalized spacial score (nSPS) is 13.0. The fourth-order valence-corrected chi connectivity index (χ4v) is 7.53. The third kappa shape index (κ3) is 5.57. The Morgan fingerprint density at radius 2 is 1.15 bits per heavy atom. The number of rotatable bonds is 8. The Balaban J connectivity index is 1.73. The van der Waals surface area contributed by atoms with Crippen LogP contribution in [0.1, 0.15) is 59.6 Å². The summed E-state index contributed by atoms with van der Waals surface area (Å²) in [6, 6.07) is 11.7. The third-order valence-electron chi connectivity index (χ3n) is 7.92. The minimum absolute atomic E-state index is 0.0154. The van der Waals surface area contributed by atoms with Crippen molar-refractivity contribution in [1.29, 1.82) is 0 Å². The number of aromatic nitrogens is 4. The van der Waals surface area contributed by atoms with Crippen molar-refractivity contribution in [3.05, 3.63) is 125 Å². The molecule has 7 nitrogen and oxygen atoms in total. The van der Waals surface area contributed by atoms with E-state index in [0.29, 0.717) is 58.0 Å². The zero-order chi connectivity index (χ0) is 33.0. The third-order valence-corrected chi connectivity index (χ3v) is 9.71. The molecule has 236 valence electrons. The van der Waals surface area contributed by atoms with Crippen LogP contribution in [0.4, 0.5) is 8.78 Å². The molecule has 4 heterocycles. The van der Waals surface area contributed by atoms with Crippen LogP contribution in [0.3, 0.4) is 0 Å². The Morgan fingerprint density at radius 1 is 0.761 bits per heavy atom. The molecule has 0 aliphatic carbocycles. The molecule has 46 heavy (non-hydrogen) atoms. The molecule has 2 N–H and O–H groups in total. The number of benzene rings is 2. The van der Waals surface area contributed by atoms with Gasteiger partial charge in [-0.15, -0.1) is 0 Å². The summed E-state index contributed by atoms with van der Waals surface area (Å²) < 4.78 is 33.1. The molecule has 4 aromatic heterocycles. The summed E-state index contributed by atoms with van der Waals surface area (Å²) in [5.74, 6) is -4.24. The van der Waals surface area contributed by atoms with E-state index >= 15 is 4.79 Å². The van der Waals surface area contributed by atoms with Crippen molar-refractivity contribution in [2.24, 2.45) is 0 Å². The Labute approximate surface area is 288 Å². The molecule has 0 saturated heterocycles. The largest absolute Gasteiger partial charge is 0.505 e. The van der Waals surface area contributed by atoms with Crippen molar-refractivity contribution in [1.82, 2.24) is 18.8 Å². The van der Waals surface area contributed by atoms with Gasteiger partial charge in [-0.1, -0.05) is 37.0 Å². The predicted molar refractivity (Wildman–Crippen MR) is 179 cm³/mol. The van der Waals surface area contributed by atoms with Gasteiger partial charge in [0.15, 0.2) is 5.78 Å². The van der Waals surface area contributed by atoms with Crippen LogP contribution in [0.2, 0.25) is 10.0 Å². The van der Waals surface area contributed by atoms with Crippen molar-refractivity contribution in [3.63, 3.8) is 0 Å². The van der Waals surface area contributed by atoms with Gasteiger partial charge in [-0.3, -0.25) is 13.6 Å². The first-order valence-electron chi connectivity index (χ1n) is 14.2. The van der Waals surface area contributed by atoms with Gasteiger partial charge in [0.05, 0.1) is 53.6 Å². The number of fused-ring (bicyclic) bond motifs is 2. The minimum atomic E-state index is -1.15. The average molecular weight is 793 g/mol. The maximum Gasteiger partial charge on any atom is 0.159 e.